The van der Waals surface area contributed by atoms with Crippen molar-refractivity contribution in [2.45, 2.75) is 39.2 Å². The summed E-state index contributed by atoms with van der Waals surface area (Å²) in [5, 5.41) is 11.8. The topological polar surface area (TPSA) is 40.5 Å². The predicted molar refractivity (Wildman–Crippen MR) is 71.3 cm³/mol. The van der Waals surface area contributed by atoms with E-state index in [1.165, 1.54) is 0 Å². The van der Waals surface area contributed by atoms with Crippen molar-refractivity contribution in [3.05, 3.63) is 22.4 Å². The second kappa shape index (κ2) is 5.65. The molecule has 1 atom stereocenters. The number of carbonyl (C=O) groups excluding carboxylic acids is 1. The minimum atomic E-state index is -0.846. The maximum absolute atomic E-state index is 12.3. The second-order valence-corrected chi connectivity index (χ2v) is 5.88. The molecule has 1 rings (SSSR count). The molecule has 96 valence electrons. The molecule has 1 N–H and O–H groups in total. The number of carbonyl (C=O) groups is 1. The third-order valence-electron chi connectivity index (χ3n) is 2.61. The van der Waals surface area contributed by atoms with Crippen LogP contribution in [0.3, 0.4) is 0 Å². The lowest BCUT2D eigenvalue weighted by atomic mass is 10.1. The quantitative estimate of drug-likeness (QED) is 0.878. The van der Waals surface area contributed by atoms with Crippen LogP contribution < -0.4 is 0 Å². The predicted octanol–water partition coefficient (Wildman–Crippen LogP) is 2.47. The molecule has 0 saturated carbocycles. The molecule has 0 aliphatic rings. The van der Waals surface area contributed by atoms with E-state index in [0.717, 1.165) is 4.88 Å². The van der Waals surface area contributed by atoms with Crippen molar-refractivity contribution >= 4 is 17.2 Å². The number of aliphatic hydroxyl groups is 1. The van der Waals surface area contributed by atoms with Crippen LogP contribution in [0.2, 0.25) is 0 Å². The molecule has 0 aromatic carbocycles. The van der Waals surface area contributed by atoms with Crippen LogP contribution in [-0.4, -0.2) is 34.6 Å². The average Bonchev–Trinajstić information content (AvgIpc) is 2.75. The van der Waals surface area contributed by atoms with Gasteiger partial charge in [-0.15, -0.1) is 11.3 Å². The molecule has 4 heteroatoms. The molecule has 17 heavy (non-hydrogen) atoms. The van der Waals surface area contributed by atoms with Crippen molar-refractivity contribution in [2.75, 3.05) is 13.1 Å². The Balaban J connectivity index is 2.73. The normalized spacial score (nSPS) is 13.5. The monoisotopic (exact) mass is 255 g/mol. The number of rotatable bonds is 5. The van der Waals surface area contributed by atoms with Gasteiger partial charge in [-0.05, 0) is 39.1 Å². The van der Waals surface area contributed by atoms with Crippen LogP contribution in [0.25, 0.3) is 0 Å². The lowest BCUT2D eigenvalue weighted by Gasteiger charge is -2.30. The van der Waals surface area contributed by atoms with Crippen LogP contribution in [0.1, 0.15) is 38.5 Å². The summed E-state index contributed by atoms with van der Waals surface area (Å²) in [5.74, 6) is -0.0469. The van der Waals surface area contributed by atoms with Crippen LogP contribution in [0.4, 0.5) is 0 Å². The number of amides is 1. The van der Waals surface area contributed by atoms with Gasteiger partial charge in [-0.25, -0.2) is 0 Å². The van der Waals surface area contributed by atoms with Crippen LogP contribution >= 0.6 is 11.3 Å². The van der Waals surface area contributed by atoms with Crippen molar-refractivity contribution in [1.82, 2.24) is 4.90 Å². The maximum atomic E-state index is 12.3. The molecule has 0 fully saturated rings. The molecule has 0 bridgehead atoms. The fourth-order valence-corrected chi connectivity index (χ4v) is 2.52. The molecule has 0 aliphatic heterocycles. The molecule has 1 aromatic heterocycles. The summed E-state index contributed by atoms with van der Waals surface area (Å²) in [4.78, 5) is 15.1. The Kier molecular flexibility index (Phi) is 4.71. The zero-order chi connectivity index (χ0) is 13.1. The Morgan fingerprint density at radius 1 is 1.59 bits per heavy atom. The minimum absolute atomic E-state index is 0.0806. The zero-order valence-electron chi connectivity index (χ0n) is 10.9. The average molecular weight is 255 g/mol. The number of hydrogen-bond acceptors (Lipinski definition) is 3. The number of thiophene rings is 1. The van der Waals surface area contributed by atoms with Crippen LogP contribution in [0.5, 0.6) is 0 Å². The highest BCUT2D eigenvalue weighted by atomic mass is 32.1. The number of likely N-dealkylation sites (N-methyl/N-ethyl adjacent to an activating group) is 1. The summed E-state index contributed by atoms with van der Waals surface area (Å²) in [6.45, 7) is 8.29. The fourth-order valence-electron chi connectivity index (χ4n) is 1.75. The highest BCUT2D eigenvalue weighted by Gasteiger charge is 2.26. The van der Waals surface area contributed by atoms with Crippen molar-refractivity contribution < 1.29 is 9.90 Å². The van der Waals surface area contributed by atoms with Gasteiger partial charge in [0, 0.05) is 18.0 Å². The van der Waals surface area contributed by atoms with E-state index in [1.54, 1.807) is 30.1 Å². The summed E-state index contributed by atoms with van der Waals surface area (Å²) in [5.41, 5.74) is -0.846. The first-order valence-electron chi connectivity index (χ1n) is 5.89. The molecule has 0 radical (unpaired) electrons. The van der Waals surface area contributed by atoms with Crippen molar-refractivity contribution in [3.8, 4) is 0 Å². The van der Waals surface area contributed by atoms with E-state index in [9.17, 15) is 9.90 Å². The van der Waals surface area contributed by atoms with Gasteiger partial charge in [-0.1, -0.05) is 6.07 Å². The summed E-state index contributed by atoms with van der Waals surface area (Å²) < 4.78 is 0. The van der Waals surface area contributed by atoms with Gasteiger partial charge >= 0.3 is 0 Å². The second-order valence-electron chi connectivity index (χ2n) is 4.90. The largest absolute Gasteiger partial charge is 0.389 e. The van der Waals surface area contributed by atoms with Gasteiger partial charge in [0.05, 0.1) is 11.5 Å². The Morgan fingerprint density at radius 2 is 2.24 bits per heavy atom. The standard InChI is InChI=1S/C13H21NO2S/c1-5-14(9-13(3,4)16)12(15)10(2)11-7-6-8-17-11/h6-8,10,16H,5,9H2,1-4H3. The van der Waals surface area contributed by atoms with Gasteiger partial charge in [0.15, 0.2) is 0 Å². The lowest BCUT2D eigenvalue weighted by Crippen LogP contribution is -2.43. The van der Waals surface area contributed by atoms with E-state index in [4.69, 9.17) is 0 Å². The zero-order valence-corrected chi connectivity index (χ0v) is 11.8. The molecule has 1 heterocycles. The Labute approximate surface area is 107 Å². The van der Waals surface area contributed by atoms with E-state index in [1.807, 2.05) is 31.4 Å². The maximum Gasteiger partial charge on any atom is 0.230 e. The molecule has 1 unspecified atom stereocenters. The van der Waals surface area contributed by atoms with Crippen LogP contribution in [-0.2, 0) is 4.79 Å². The van der Waals surface area contributed by atoms with E-state index >= 15 is 0 Å². The van der Waals surface area contributed by atoms with Crippen LogP contribution in [0.15, 0.2) is 17.5 Å². The summed E-state index contributed by atoms with van der Waals surface area (Å²) in [6.07, 6.45) is 0. The molecule has 0 spiro atoms. The van der Waals surface area contributed by atoms with Crippen LogP contribution in [0, 0.1) is 0 Å². The van der Waals surface area contributed by atoms with Crippen molar-refractivity contribution in [3.63, 3.8) is 0 Å². The van der Waals surface area contributed by atoms with Gasteiger partial charge in [-0.3, -0.25) is 4.79 Å². The molecule has 1 amide bonds. The van der Waals surface area contributed by atoms with Gasteiger partial charge in [0.2, 0.25) is 5.91 Å². The van der Waals surface area contributed by atoms with Crippen molar-refractivity contribution in [2.24, 2.45) is 0 Å². The van der Waals surface area contributed by atoms with Crippen molar-refractivity contribution in [1.29, 1.82) is 0 Å². The minimum Gasteiger partial charge on any atom is -0.389 e. The first kappa shape index (κ1) is 14.2. The molecule has 3 nitrogen and oxygen atoms in total. The SMILES string of the molecule is CCN(CC(C)(C)O)C(=O)C(C)c1cccs1. The smallest absolute Gasteiger partial charge is 0.230 e. The summed E-state index contributed by atoms with van der Waals surface area (Å²) >= 11 is 1.60. The summed E-state index contributed by atoms with van der Waals surface area (Å²) in [6, 6.07) is 3.93. The molecular formula is C13H21NO2S. The third-order valence-corrected chi connectivity index (χ3v) is 3.67. The molecule has 0 saturated heterocycles. The van der Waals surface area contributed by atoms with E-state index in [0.29, 0.717) is 13.1 Å². The lowest BCUT2D eigenvalue weighted by molar-refractivity contribution is -0.135. The van der Waals surface area contributed by atoms with Gasteiger partial charge < -0.3 is 10.0 Å². The Bertz CT molecular complexity index is 354. The number of nitrogens with zero attached hydrogens (tertiary/aromatic N) is 1. The highest BCUT2D eigenvalue weighted by Crippen LogP contribution is 2.23. The van der Waals surface area contributed by atoms with Gasteiger partial charge in [-0.2, -0.15) is 0 Å². The Hall–Kier alpha value is -0.870. The number of hydrogen-bond donors (Lipinski definition) is 1. The van der Waals surface area contributed by atoms with E-state index in [-0.39, 0.29) is 11.8 Å². The first-order valence-corrected chi connectivity index (χ1v) is 6.77. The third kappa shape index (κ3) is 4.13. The van der Waals surface area contributed by atoms with E-state index < -0.39 is 5.60 Å². The summed E-state index contributed by atoms with van der Waals surface area (Å²) in [7, 11) is 0. The highest BCUT2D eigenvalue weighted by molar-refractivity contribution is 7.10. The molecule has 1 aromatic rings. The van der Waals surface area contributed by atoms with E-state index in [2.05, 4.69) is 0 Å². The first-order chi connectivity index (χ1) is 7.85. The molecular weight excluding hydrogens is 234 g/mol. The Morgan fingerprint density at radius 3 is 2.65 bits per heavy atom. The van der Waals surface area contributed by atoms with Gasteiger partial charge in [0.25, 0.3) is 0 Å². The molecule has 0 aliphatic carbocycles. The fraction of sp³-hybridized carbons (Fsp3) is 0.615. The van der Waals surface area contributed by atoms with Gasteiger partial charge in [0.1, 0.15) is 0 Å².